The quantitative estimate of drug-likeness (QED) is 0.599. The number of hydrogen-bond acceptors (Lipinski definition) is 5. The van der Waals surface area contributed by atoms with Crippen molar-refractivity contribution >= 4 is 29.4 Å². The van der Waals surface area contributed by atoms with E-state index in [-0.39, 0.29) is 22.9 Å². The van der Waals surface area contributed by atoms with Gasteiger partial charge in [-0.05, 0) is 49.6 Å². The number of amides is 2. The van der Waals surface area contributed by atoms with Gasteiger partial charge in [-0.1, -0.05) is 35.9 Å². The molecule has 2 amide bonds. The van der Waals surface area contributed by atoms with Crippen LogP contribution in [0.2, 0.25) is 5.02 Å². The van der Waals surface area contributed by atoms with Crippen molar-refractivity contribution in [2.24, 2.45) is 0 Å². The van der Waals surface area contributed by atoms with Crippen molar-refractivity contribution < 1.29 is 24.2 Å². The highest BCUT2D eigenvalue weighted by Gasteiger charge is 2.20. The number of carbonyl (C=O) groups excluding carboxylic acids is 3. The number of phenolic OH excluding ortho intramolecular Hbond substituents is 1. The van der Waals surface area contributed by atoms with E-state index in [1.807, 2.05) is 0 Å². The zero-order chi connectivity index (χ0) is 21.6. The van der Waals surface area contributed by atoms with Gasteiger partial charge in [0.05, 0.1) is 10.6 Å². The van der Waals surface area contributed by atoms with Crippen LogP contribution in [0.5, 0.6) is 5.75 Å². The van der Waals surface area contributed by atoms with Crippen molar-refractivity contribution in [1.82, 2.24) is 10.6 Å². The maximum atomic E-state index is 12.2. The summed E-state index contributed by atoms with van der Waals surface area (Å²) in [6.07, 6.45) is 0. The molecule has 0 aliphatic heterocycles. The predicted octanol–water partition coefficient (Wildman–Crippen LogP) is 2.64. The van der Waals surface area contributed by atoms with Gasteiger partial charge in [0.25, 0.3) is 11.8 Å². The summed E-state index contributed by atoms with van der Waals surface area (Å²) in [4.78, 5) is 36.1. The fraction of sp³-hybridized carbons (Fsp3) is 0.286. The smallest absolute Gasteiger partial charge is 0.328 e. The molecule has 0 heterocycles. The zero-order valence-corrected chi connectivity index (χ0v) is 17.2. The molecule has 154 valence electrons. The van der Waals surface area contributed by atoms with Crippen molar-refractivity contribution in [3.8, 4) is 5.75 Å². The van der Waals surface area contributed by atoms with E-state index >= 15 is 0 Å². The Bertz CT molecular complexity index is 906. The van der Waals surface area contributed by atoms with Gasteiger partial charge in [0.15, 0.2) is 6.61 Å². The van der Waals surface area contributed by atoms with Gasteiger partial charge in [-0.3, -0.25) is 9.59 Å². The van der Waals surface area contributed by atoms with Crippen LogP contribution in [0.25, 0.3) is 0 Å². The Balaban J connectivity index is 1.80. The molecule has 2 rings (SSSR count). The molecule has 0 aliphatic rings. The lowest BCUT2D eigenvalue weighted by molar-refractivity contribution is -0.150. The number of aromatic hydroxyl groups is 1. The third-order valence-corrected chi connectivity index (χ3v) is 4.54. The third-order valence-electron chi connectivity index (χ3n) is 4.21. The highest BCUT2D eigenvalue weighted by molar-refractivity contribution is 6.33. The van der Waals surface area contributed by atoms with Crippen LogP contribution in [-0.4, -0.2) is 35.5 Å². The van der Waals surface area contributed by atoms with Crippen LogP contribution < -0.4 is 10.6 Å². The zero-order valence-electron chi connectivity index (χ0n) is 16.4. The Hall–Kier alpha value is -3.06. The van der Waals surface area contributed by atoms with Gasteiger partial charge in [0.1, 0.15) is 11.8 Å². The van der Waals surface area contributed by atoms with Crippen LogP contribution in [0.3, 0.4) is 0 Å². The summed E-state index contributed by atoms with van der Waals surface area (Å²) >= 11 is 5.95. The minimum Gasteiger partial charge on any atom is -0.507 e. The molecule has 0 spiro atoms. The second-order valence-corrected chi connectivity index (χ2v) is 7.04. The van der Waals surface area contributed by atoms with Crippen molar-refractivity contribution in [2.75, 3.05) is 6.61 Å². The number of nitrogens with one attached hydrogen (secondary N) is 2. The topological polar surface area (TPSA) is 105 Å². The van der Waals surface area contributed by atoms with Crippen LogP contribution in [0, 0.1) is 13.8 Å². The lowest BCUT2D eigenvalue weighted by Crippen LogP contribution is -2.41. The lowest BCUT2D eigenvalue weighted by Gasteiger charge is -2.14. The van der Waals surface area contributed by atoms with Gasteiger partial charge in [0.2, 0.25) is 0 Å². The summed E-state index contributed by atoms with van der Waals surface area (Å²) in [5.74, 6) is -1.51. The van der Waals surface area contributed by atoms with E-state index in [1.54, 1.807) is 44.2 Å². The molecule has 3 N–H and O–H groups in total. The van der Waals surface area contributed by atoms with Gasteiger partial charge in [-0.25, -0.2) is 4.79 Å². The Morgan fingerprint density at radius 2 is 1.76 bits per heavy atom. The summed E-state index contributed by atoms with van der Waals surface area (Å²) in [6.45, 7) is 4.76. The number of ether oxygens (including phenoxy) is 1. The maximum absolute atomic E-state index is 12.2. The van der Waals surface area contributed by atoms with E-state index in [2.05, 4.69) is 10.6 Å². The van der Waals surface area contributed by atoms with Gasteiger partial charge < -0.3 is 20.5 Å². The first-order chi connectivity index (χ1) is 13.7. The first-order valence-corrected chi connectivity index (χ1v) is 9.34. The van der Waals surface area contributed by atoms with E-state index in [0.29, 0.717) is 11.1 Å². The minimum absolute atomic E-state index is 0.224. The number of carbonyl (C=O) groups is 3. The molecule has 7 nitrogen and oxygen atoms in total. The molecule has 0 aromatic heterocycles. The fourth-order valence-corrected chi connectivity index (χ4v) is 2.86. The monoisotopic (exact) mass is 418 g/mol. The van der Waals surface area contributed by atoms with E-state index in [9.17, 15) is 19.5 Å². The highest BCUT2D eigenvalue weighted by Crippen LogP contribution is 2.22. The summed E-state index contributed by atoms with van der Waals surface area (Å²) in [7, 11) is 0. The van der Waals surface area contributed by atoms with Crippen molar-refractivity contribution in [3.63, 3.8) is 0 Å². The summed E-state index contributed by atoms with van der Waals surface area (Å²) < 4.78 is 4.95. The molecular weight excluding hydrogens is 396 g/mol. The number of phenols is 1. The molecule has 0 radical (unpaired) electrons. The Morgan fingerprint density at radius 3 is 2.38 bits per heavy atom. The molecule has 0 saturated heterocycles. The maximum Gasteiger partial charge on any atom is 0.328 e. The molecule has 29 heavy (non-hydrogen) atoms. The van der Waals surface area contributed by atoms with Gasteiger partial charge in [0, 0.05) is 6.54 Å². The molecular formula is C21H23ClN2O5. The van der Waals surface area contributed by atoms with E-state index in [0.717, 1.165) is 5.56 Å². The SMILES string of the molecule is Cc1cc(CNC(=O)COC(=O)C(C)NC(=O)c2ccccc2Cl)cc(C)c1O. The van der Waals surface area contributed by atoms with Crippen molar-refractivity contribution in [2.45, 2.75) is 33.4 Å². The van der Waals surface area contributed by atoms with Gasteiger partial charge in [-0.2, -0.15) is 0 Å². The van der Waals surface area contributed by atoms with Crippen LogP contribution in [0.4, 0.5) is 0 Å². The van der Waals surface area contributed by atoms with Crippen LogP contribution in [0.1, 0.15) is 34.0 Å². The average molecular weight is 419 g/mol. The number of aryl methyl sites for hydroxylation is 2. The molecule has 2 aromatic rings. The number of rotatable bonds is 7. The van der Waals surface area contributed by atoms with Crippen LogP contribution in [0.15, 0.2) is 36.4 Å². The van der Waals surface area contributed by atoms with Crippen LogP contribution >= 0.6 is 11.6 Å². The van der Waals surface area contributed by atoms with E-state index in [1.165, 1.54) is 13.0 Å². The molecule has 0 bridgehead atoms. The molecule has 1 unspecified atom stereocenters. The van der Waals surface area contributed by atoms with E-state index < -0.39 is 30.4 Å². The molecule has 0 aliphatic carbocycles. The highest BCUT2D eigenvalue weighted by atomic mass is 35.5. The minimum atomic E-state index is -0.950. The second kappa shape index (κ2) is 9.93. The normalized spacial score (nSPS) is 11.4. The first kappa shape index (κ1) is 22.2. The Morgan fingerprint density at radius 1 is 1.14 bits per heavy atom. The fourth-order valence-electron chi connectivity index (χ4n) is 2.64. The molecule has 8 heteroatoms. The Labute approximate surface area is 174 Å². The van der Waals surface area contributed by atoms with Crippen molar-refractivity contribution in [1.29, 1.82) is 0 Å². The molecule has 2 aromatic carbocycles. The van der Waals surface area contributed by atoms with E-state index in [4.69, 9.17) is 16.3 Å². The third kappa shape index (κ3) is 6.22. The average Bonchev–Trinajstić information content (AvgIpc) is 2.68. The number of halogens is 1. The predicted molar refractivity (Wildman–Crippen MR) is 109 cm³/mol. The second-order valence-electron chi connectivity index (χ2n) is 6.64. The lowest BCUT2D eigenvalue weighted by atomic mass is 10.1. The Kier molecular flexibility index (Phi) is 7.61. The van der Waals surface area contributed by atoms with Crippen LogP contribution in [-0.2, 0) is 20.9 Å². The molecule has 1 atom stereocenters. The molecule has 0 saturated carbocycles. The standard InChI is InChI=1S/C21H23ClN2O5/c1-12-8-15(9-13(2)19(12)26)10-23-18(25)11-29-21(28)14(3)24-20(27)16-6-4-5-7-17(16)22/h4-9,14,26H,10-11H2,1-3H3,(H,23,25)(H,24,27). The summed E-state index contributed by atoms with van der Waals surface area (Å²) in [5, 5.41) is 15.2. The number of hydrogen-bond donors (Lipinski definition) is 3. The summed E-state index contributed by atoms with van der Waals surface area (Å²) in [5.41, 5.74) is 2.48. The van der Waals surface area contributed by atoms with Gasteiger partial charge >= 0.3 is 5.97 Å². The van der Waals surface area contributed by atoms with Gasteiger partial charge in [-0.15, -0.1) is 0 Å². The van der Waals surface area contributed by atoms with Crippen molar-refractivity contribution in [3.05, 3.63) is 63.7 Å². The summed E-state index contributed by atoms with van der Waals surface area (Å²) in [6, 6.07) is 9.04. The number of benzene rings is 2. The molecule has 0 fully saturated rings. The largest absolute Gasteiger partial charge is 0.507 e. The first-order valence-electron chi connectivity index (χ1n) is 8.97. The number of esters is 1.